The molecule has 2 heterocycles. The van der Waals surface area contributed by atoms with E-state index in [1.54, 1.807) is 0 Å². The molecule has 2 fully saturated rings. The van der Waals surface area contributed by atoms with Crippen molar-refractivity contribution < 1.29 is 14.3 Å². The van der Waals surface area contributed by atoms with Crippen molar-refractivity contribution >= 4 is 39.9 Å². The van der Waals surface area contributed by atoms with Crippen LogP contribution in [0.5, 0.6) is 11.5 Å². The maximum atomic E-state index is 12.9. The van der Waals surface area contributed by atoms with Gasteiger partial charge in [0.25, 0.3) is 0 Å². The van der Waals surface area contributed by atoms with Crippen LogP contribution in [0.15, 0.2) is 48.5 Å². The number of carbonyl (C=O) groups excluding carboxylic acids is 1. The number of nitrogens with zero attached hydrogens (tertiary/aromatic N) is 1. The third kappa shape index (κ3) is 4.12. The van der Waals surface area contributed by atoms with E-state index in [9.17, 15) is 4.79 Å². The van der Waals surface area contributed by atoms with Crippen LogP contribution in [0.3, 0.4) is 0 Å². The Morgan fingerprint density at radius 1 is 1.10 bits per heavy atom. The monoisotopic (exact) mass is 443 g/mol. The molecule has 2 N–H and O–H groups in total. The van der Waals surface area contributed by atoms with E-state index < -0.39 is 0 Å². The number of rotatable bonds is 7. The second kappa shape index (κ2) is 9.24. The number of hydrogen-bond donors (Lipinski definition) is 2. The third-order valence-electron chi connectivity index (χ3n) is 4.97. The predicted octanol–water partition coefficient (Wildman–Crippen LogP) is 3.83. The van der Waals surface area contributed by atoms with E-state index in [4.69, 9.17) is 21.7 Å². The van der Waals surface area contributed by atoms with Crippen LogP contribution in [0.4, 0.5) is 5.69 Å². The first-order valence-corrected chi connectivity index (χ1v) is 11.4. The van der Waals surface area contributed by atoms with E-state index in [1.165, 1.54) is 11.8 Å². The van der Waals surface area contributed by atoms with Gasteiger partial charge in [0.2, 0.25) is 5.91 Å². The molecule has 2 aliphatic heterocycles. The molecule has 6 nitrogen and oxygen atoms in total. The molecule has 3 atom stereocenters. The SMILES string of the molecule is CCCOc1ccc(C2NC(=O)C3SC(=S)N(c4ccccc4)C3N2)cc1OCC. The lowest BCUT2D eigenvalue weighted by Gasteiger charge is -2.37. The van der Waals surface area contributed by atoms with Crippen LogP contribution >= 0.6 is 24.0 Å². The highest BCUT2D eigenvalue weighted by molar-refractivity contribution is 8.24. The van der Waals surface area contributed by atoms with Gasteiger partial charge in [-0.3, -0.25) is 10.1 Å². The summed E-state index contributed by atoms with van der Waals surface area (Å²) in [5, 5.41) is 6.34. The average molecular weight is 444 g/mol. The van der Waals surface area contributed by atoms with Gasteiger partial charge in [0, 0.05) is 5.69 Å². The summed E-state index contributed by atoms with van der Waals surface area (Å²) < 4.78 is 12.3. The van der Waals surface area contributed by atoms with E-state index in [2.05, 4.69) is 17.6 Å². The topological polar surface area (TPSA) is 62.8 Å². The lowest BCUT2D eigenvalue weighted by atomic mass is 10.1. The maximum absolute atomic E-state index is 12.9. The Morgan fingerprint density at radius 3 is 2.63 bits per heavy atom. The second-order valence-corrected chi connectivity index (χ2v) is 8.83. The van der Waals surface area contributed by atoms with E-state index >= 15 is 0 Å². The number of thioether (sulfide) groups is 1. The summed E-state index contributed by atoms with van der Waals surface area (Å²) in [7, 11) is 0. The molecular weight excluding hydrogens is 418 g/mol. The van der Waals surface area contributed by atoms with Crippen LogP contribution in [0.25, 0.3) is 0 Å². The van der Waals surface area contributed by atoms with Crippen molar-refractivity contribution in [1.29, 1.82) is 0 Å². The van der Waals surface area contributed by atoms with Gasteiger partial charge >= 0.3 is 0 Å². The molecule has 0 radical (unpaired) electrons. The normalized spacial score (nSPS) is 23.1. The molecule has 2 saturated heterocycles. The van der Waals surface area contributed by atoms with Crippen molar-refractivity contribution in [2.75, 3.05) is 18.1 Å². The lowest BCUT2D eigenvalue weighted by Crippen LogP contribution is -2.61. The molecular formula is C22H25N3O3S2. The highest BCUT2D eigenvalue weighted by Crippen LogP contribution is 2.39. The smallest absolute Gasteiger partial charge is 0.238 e. The standard InChI is InChI=1S/C22H25N3O3S2/c1-3-12-28-16-11-10-14(13-17(16)27-4-2)19-23-20-18(21(26)24-19)30-22(29)25(20)15-8-6-5-7-9-15/h5-11,13,18-20,23H,3-4,12H2,1-2H3,(H,24,26). The van der Waals surface area contributed by atoms with Gasteiger partial charge in [0.05, 0.1) is 13.2 Å². The Morgan fingerprint density at radius 2 is 1.90 bits per heavy atom. The van der Waals surface area contributed by atoms with Crippen LogP contribution in [0, 0.1) is 0 Å². The molecule has 0 bridgehead atoms. The number of thiocarbonyl (C=S) groups is 1. The Hall–Kier alpha value is -2.29. The van der Waals surface area contributed by atoms with Crippen molar-refractivity contribution in [2.24, 2.45) is 0 Å². The van der Waals surface area contributed by atoms with Gasteiger partial charge in [-0.05, 0) is 43.2 Å². The van der Waals surface area contributed by atoms with Gasteiger partial charge in [-0.15, -0.1) is 0 Å². The summed E-state index contributed by atoms with van der Waals surface area (Å²) in [6.07, 6.45) is 0.338. The Bertz CT molecular complexity index is 925. The van der Waals surface area contributed by atoms with Crippen LogP contribution in [0.1, 0.15) is 32.0 Å². The van der Waals surface area contributed by atoms with Gasteiger partial charge in [-0.1, -0.05) is 55.2 Å². The first-order chi connectivity index (χ1) is 14.6. The van der Waals surface area contributed by atoms with Crippen LogP contribution in [0.2, 0.25) is 0 Å². The summed E-state index contributed by atoms with van der Waals surface area (Å²) in [4.78, 5) is 14.9. The minimum Gasteiger partial charge on any atom is -0.490 e. The minimum atomic E-state index is -0.356. The molecule has 0 spiro atoms. The molecule has 0 saturated carbocycles. The van der Waals surface area contributed by atoms with Crippen molar-refractivity contribution in [3.63, 3.8) is 0 Å². The molecule has 0 aliphatic carbocycles. The molecule has 3 unspecified atom stereocenters. The summed E-state index contributed by atoms with van der Waals surface area (Å²) in [6.45, 7) is 5.17. The molecule has 2 aliphatic rings. The fourth-order valence-electron chi connectivity index (χ4n) is 3.61. The number of para-hydroxylation sites is 1. The Kier molecular flexibility index (Phi) is 6.46. The number of amides is 1. The van der Waals surface area contributed by atoms with Gasteiger partial charge in [-0.25, -0.2) is 0 Å². The van der Waals surface area contributed by atoms with Gasteiger partial charge in [0.1, 0.15) is 21.9 Å². The number of carbonyl (C=O) groups is 1. The number of ether oxygens (including phenoxy) is 2. The Balaban J connectivity index is 1.61. The second-order valence-electron chi connectivity index (χ2n) is 7.05. The quantitative estimate of drug-likeness (QED) is 0.631. The molecule has 1 amide bonds. The first-order valence-electron chi connectivity index (χ1n) is 10.1. The van der Waals surface area contributed by atoms with E-state index in [-0.39, 0.29) is 23.5 Å². The zero-order valence-electron chi connectivity index (χ0n) is 17.0. The predicted molar refractivity (Wildman–Crippen MR) is 124 cm³/mol. The number of anilines is 1. The zero-order valence-corrected chi connectivity index (χ0v) is 18.6. The molecule has 30 heavy (non-hydrogen) atoms. The largest absolute Gasteiger partial charge is 0.490 e. The van der Waals surface area contributed by atoms with Crippen LogP contribution < -0.4 is 25.0 Å². The van der Waals surface area contributed by atoms with Gasteiger partial charge < -0.3 is 19.7 Å². The summed E-state index contributed by atoms with van der Waals surface area (Å²) in [5.41, 5.74) is 1.88. The maximum Gasteiger partial charge on any atom is 0.238 e. The first kappa shape index (κ1) is 21.0. The van der Waals surface area contributed by atoms with Crippen molar-refractivity contribution in [1.82, 2.24) is 10.6 Å². The van der Waals surface area contributed by atoms with Gasteiger partial charge in [-0.2, -0.15) is 0 Å². The van der Waals surface area contributed by atoms with E-state index in [1.807, 2.05) is 60.4 Å². The highest BCUT2D eigenvalue weighted by Gasteiger charge is 2.47. The van der Waals surface area contributed by atoms with Crippen molar-refractivity contribution in [3.05, 3.63) is 54.1 Å². The third-order valence-corrected chi connectivity index (χ3v) is 6.58. The lowest BCUT2D eigenvalue weighted by molar-refractivity contribution is -0.123. The van der Waals surface area contributed by atoms with Crippen molar-refractivity contribution in [3.8, 4) is 11.5 Å². The molecule has 2 aromatic rings. The molecule has 158 valence electrons. The fraction of sp³-hybridized carbons (Fsp3) is 0.364. The number of nitrogens with one attached hydrogen (secondary N) is 2. The number of benzene rings is 2. The number of fused-ring (bicyclic) bond motifs is 1. The Labute approximate surface area is 186 Å². The van der Waals surface area contributed by atoms with Gasteiger partial charge in [0.15, 0.2) is 11.5 Å². The summed E-state index contributed by atoms with van der Waals surface area (Å²) >= 11 is 7.01. The molecule has 2 aromatic carbocycles. The zero-order chi connectivity index (χ0) is 21.1. The fourth-order valence-corrected chi connectivity index (χ4v) is 5.20. The number of hydrogen-bond acceptors (Lipinski definition) is 6. The van der Waals surface area contributed by atoms with E-state index in [0.717, 1.165) is 17.7 Å². The highest BCUT2D eigenvalue weighted by atomic mass is 32.2. The van der Waals surface area contributed by atoms with Crippen molar-refractivity contribution in [2.45, 2.75) is 37.8 Å². The molecule has 0 aromatic heterocycles. The molecule has 8 heteroatoms. The summed E-state index contributed by atoms with van der Waals surface area (Å²) in [5.74, 6) is 1.36. The van der Waals surface area contributed by atoms with E-state index in [0.29, 0.717) is 29.0 Å². The molecule has 4 rings (SSSR count). The van der Waals surface area contributed by atoms with Crippen LogP contribution in [-0.4, -0.2) is 34.9 Å². The summed E-state index contributed by atoms with van der Waals surface area (Å²) in [6, 6.07) is 15.7. The minimum absolute atomic E-state index is 0.0289. The average Bonchev–Trinajstić information content (AvgIpc) is 3.10. The van der Waals surface area contributed by atoms with Crippen LogP contribution in [-0.2, 0) is 4.79 Å².